The van der Waals surface area contributed by atoms with E-state index in [1.807, 2.05) is 0 Å². The fraction of sp³-hybridized carbons (Fsp3) is 0.0714. The zero-order valence-electron chi connectivity index (χ0n) is 11.0. The number of anilines is 2. The van der Waals surface area contributed by atoms with Crippen molar-refractivity contribution >= 4 is 27.4 Å². The number of benzene rings is 2. The van der Waals surface area contributed by atoms with Crippen LogP contribution in [0.3, 0.4) is 0 Å². The summed E-state index contributed by atoms with van der Waals surface area (Å²) in [6.45, 7) is 0. The lowest BCUT2D eigenvalue weighted by Gasteiger charge is -2.11. The molecule has 0 radical (unpaired) electrons. The second-order valence-corrected chi connectivity index (χ2v) is 6.18. The molecule has 110 valence electrons. The van der Waals surface area contributed by atoms with Crippen molar-refractivity contribution in [2.45, 2.75) is 5.75 Å². The van der Waals surface area contributed by atoms with Gasteiger partial charge in [0.15, 0.2) is 0 Å². The van der Waals surface area contributed by atoms with Crippen LogP contribution in [0.4, 0.5) is 11.4 Å². The van der Waals surface area contributed by atoms with Crippen molar-refractivity contribution in [2.24, 2.45) is 0 Å². The summed E-state index contributed by atoms with van der Waals surface area (Å²) in [7, 11) is -3.73. The van der Waals surface area contributed by atoms with Crippen LogP contribution in [-0.2, 0) is 15.8 Å². The van der Waals surface area contributed by atoms with Gasteiger partial charge in [0, 0.05) is 5.69 Å². The normalized spacial score (nSPS) is 11.0. The molecule has 0 atom stereocenters. The van der Waals surface area contributed by atoms with Gasteiger partial charge in [-0.15, -0.1) is 0 Å². The number of carboxylic acid groups (broad SMARTS) is 1. The molecule has 4 N–H and O–H groups in total. The predicted molar refractivity (Wildman–Crippen MR) is 80.5 cm³/mol. The van der Waals surface area contributed by atoms with E-state index in [0.717, 1.165) is 0 Å². The van der Waals surface area contributed by atoms with Gasteiger partial charge in [0.25, 0.3) is 0 Å². The molecule has 0 fully saturated rings. The highest BCUT2D eigenvalue weighted by Gasteiger charge is 2.17. The van der Waals surface area contributed by atoms with Crippen molar-refractivity contribution in [3.63, 3.8) is 0 Å². The molecule has 2 aromatic carbocycles. The number of aromatic carboxylic acids is 1. The lowest BCUT2D eigenvalue weighted by Crippen LogP contribution is -2.17. The maximum atomic E-state index is 12.1. The predicted octanol–water partition coefficient (Wildman–Crippen LogP) is 1.91. The van der Waals surface area contributed by atoms with Crippen molar-refractivity contribution < 1.29 is 18.3 Å². The highest BCUT2D eigenvalue weighted by Crippen LogP contribution is 2.21. The summed E-state index contributed by atoms with van der Waals surface area (Å²) in [6.07, 6.45) is 0. The molecule has 0 saturated carbocycles. The lowest BCUT2D eigenvalue weighted by molar-refractivity contribution is 0.0698. The Morgan fingerprint density at radius 3 is 2.43 bits per heavy atom. The molecule has 2 rings (SSSR count). The number of carboxylic acids is 1. The molecule has 0 aliphatic rings. The van der Waals surface area contributed by atoms with Crippen LogP contribution in [-0.4, -0.2) is 19.5 Å². The molecule has 0 aliphatic carbocycles. The number of nitrogen functional groups attached to an aromatic ring is 1. The molecule has 0 spiro atoms. The van der Waals surface area contributed by atoms with Crippen LogP contribution >= 0.6 is 0 Å². The maximum absolute atomic E-state index is 12.1. The molecule has 7 heteroatoms. The van der Waals surface area contributed by atoms with Gasteiger partial charge in [0.2, 0.25) is 10.0 Å². The van der Waals surface area contributed by atoms with Gasteiger partial charge in [-0.05, 0) is 23.8 Å². The zero-order chi connectivity index (χ0) is 15.5. The Morgan fingerprint density at radius 1 is 1.14 bits per heavy atom. The van der Waals surface area contributed by atoms with E-state index in [9.17, 15) is 13.2 Å². The standard InChI is InChI=1S/C14H14N2O4S/c15-11-6-7-12(14(17)18)13(8-11)16-21(19,20)9-10-4-2-1-3-5-10/h1-8,16H,9,15H2,(H,17,18). The minimum absolute atomic E-state index is 0.0431. The van der Waals surface area contributed by atoms with Gasteiger partial charge in [-0.3, -0.25) is 4.72 Å². The Kier molecular flexibility index (Phi) is 4.13. The number of sulfonamides is 1. The second-order valence-electron chi connectivity index (χ2n) is 4.46. The summed E-state index contributed by atoms with van der Waals surface area (Å²) < 4.78 is 26.5. The van der Waals surface area contributed by atoms with Gasteiger partial charge in [0.1, 0.15) is 0 Å². The average Bonchev–Trinajstić information content (AvgIpc) is 2.38. The van der Waals surface area contributed by atoms with Gasteiger partial charge < -0.3 is 10.8 Å². The minimum atomic E-state index is -3.73. The third-order valence-corrected chi connectivity index (χ3v) is 3.98. The van der Waals surface area contributed by atoms with Crippen molar-refractivity contribution in [1.82, 2.24) is 0 Å². The SMILES string of the molecule is Nc1ccc(C(=O)O)c(NS(=O)(=O)Cc2ccccc2)c1. The number of nitrogens with one attached hydrogen (secondary N) is 1. The van der Waals surface area contributed by atoms with Crippen LogP contribution in [0.2, 0.25) is 0 Å². The van der Waals surface area contributed by atoms with Gasteiger partial charge in [0.05, 0.1) is 17.0 Å². The summed E-state index contributed by atoms with van der Waals surface area (Å²) in [6, 6.07) is 12.5. The van der Waals surface area contributed by atoms with E-state index in [-0.39, 0.29) is 22.7 Å². The monoisotopic (exact) mass is 306 g/mol. The van der Waals surface area contributed by atoms with Crippen LogP contribution < -0.4 is 10.5 Å². The molecule has 0 aliphatic heterocycles. The quantitative estimate of drug-likeness (QED) is 0.731. The molecule has 2 aromatic rings. The molecule has 0 saturated heterocycles. The maximum Gasteiger partial charge on any atom is 0.337 e. The summed E-state index contributed by atoms with van der Waals surface area (Å²) in [5, 5.41) is 9.07. The van der Waals surface area contributed by atoms with Crippen LogP contribution in [0, 0.1) is 0 Å². The van der Waals surface area contributed by atoms with Gasteiger partial charge in [-0.1, -0.05) is 30.3 Å². The first-order valence-corrected chi connectivity index (χ1v) is 7.70. The molecule has 0 aromatic heterocycles. The largest absolute Gasteiger partial charge is 0.478 e. The van der Waals surface area contributed by atoms with Gasteiger partial charge >= 0.3 is 5.97 Å². The molecule has 0 unspecified atom stereocenters. The number of hydrogen-bond acceptors (Lipinski definition) is 4. The summed E-state index contributed by atoms with van der Waals surface area (Å²) in [4.78, 5) is 11.1. The molecular formula is C14H14N2O4S. The molecule has 0 heterocycles. The molecule has 21 heavy (non-hydrogen) atoms. The Hall–Kier alpha value is -2.54. The molecule has 6 nitrogen and oxygen atoms in total. The van der Waals surface area contributed by atoms with E-state index >= 15 is 0 Å². The van der Waals surface area contributed by atoms with Crippen LogP contribution in [0.15, 0.2) is 48.5 Å². The zero-order valence-corrected chi connectivity index (χ0v) is 11.8. The van der Waals surface area contributed by atoms with Crippen molar-refractivity contribution in [3.05, 3.63) is 59.7 Å². The fourth-order valence-electron chi connectivity index (χ4n) is 1.83. The molecule has 0 bridgehead atoms. The Morgan fingerprint density at radius 2 is 1.81 bits per heavy atom. The Bertz CT molecular complexity index is 758. The highest BCUT2D eigenvalue weighted by atomic mass is 32.2. The minimum Gasteiger partial charge on any atom is -0.478 e. The smallest absolute Gasteiger partial charge is 0.337 e. The van der Waals surface area contributed by atoms with Crippen molar-refractivity contribution in [1.29, 1.82) is 0 Å². The van der Waals surface area contributed by atoms with Crippen LogP contribution in [0.5, 0.6) is 0 Å². The van der Waals surface area contributed by atoms with E-state index in [1.165, 1.54) is 18.2 Å². The number of nitrogens with two attached hydrogens (primary N) is 1. The van der Waals surface area contributed by atoms with E-state index in [0.29, 0.717) is 5.56 Å². The number of carbonyl (C=O) groups is 1. The summed E-state index contributed by atoms with van der Waals surface area (Å²) in [5.74, 6) is -1.48. The van der Waals surface area contributed by atoms with E-state index in [4.69, 9.17) is 10.8 Å². The first-order chi connectivity index (χ1) is 9.87. The topological polar surface area (TPSA) is 109 Å². The van der Waals surface area contributed by atoms with Gasteiger partial charge in [-0.2, -0.15) is 0 Å². The van der Waals surface area contributed by atoms with Gasteiger partial charge in [-0.25, -0.2) is 13.2 Å². The van der Waals surface area contributed by atoms with Crippen LogP contribution in [0.25, 0.3) is 0 Å². The van der Waals surface area contributed by atoms with Crippen LogP contribution in [0.1, 0.15) is 15.9 Å². The molecular weight excluding hydrogens is 292 g/mol. The lowest BCUT2D eigenvalue weighted by atomic mass is 10.1. The third-order valence-electron chi connectivity index (χ3n) is 2.74. The average molecular weight is 306 g/mol. The number of rotatable bonds is 5. The van der Waals surface area contributed by atoms with Crippen molar-refractivity contribution in [3.8, 4) is 0 Å². The Balaban J connectivity index is 2.28. The highest BCUT2D eigenvalue weighted by molar-refractivity contribution is 7.91. The van der Waals surface area contributed by atoms with E-state index in [1.54, 1.807) is 30.3 Å². The summed E-state index contributed by atoms with van der Waals surface area (Å²) >= 11 is 0. The third kappa shape index (κ3) is 3.96. The first-order valence-electron chi connectivity index (χ1n) is 6.04. The molecule has 0 amide bonds. The number of hydrogen-bond donors (Lipinski definition) is 3. The Labute approximate surface area is 122 Å². The van der Waals surface area contributed by atoms with E-state index in [2.05, 4.69) is 4.72 Å². The van der Waals surface area contributed by atoms with Crippen molar-refractivity contribution in [2.75, 3.05) is 10.5 Å². The summed E-state index contributed by atoms with van der Waals surface area (Å²) in [5.41, 5.74) is 6.25. The van der Waals surface area contributed by atoms with E-state index < -0.39 is 16.0 Å². The fourth-order valence-corrected chi connectivity index (χ4v) is 3.04. The second kappa shape index (κ2) is 5.84. The first kappa shape index (κ1) is 14.9.